The van der Waals surface area contributed by atoms with Gasteiger partial charge in [-0.3, -0.25) is 10.1 Å². The van der Waals surface area contributed by atoms with Gasteiger partial charge < -0.3 is 4.43 Å². The molecule has 12 heavy (non-hydrogen) atoms. The molecule has 1 radical (unpaired) electrons. The summed E-state index contributed by atoms with van der Waals surface area (Å²) >= 11 is 0. The lowest BCUT2D eigenvalue weighted by Crippen LogP contribution is -2.44. The Morgan fingerprint density at radius 2 is 2.00 bits per heavy atom. The molecule has 0 N–H and O–H groups in total. The maximum Gasteiger partial charge on any atom is 0.663 e. The third-order valence-corrected chi connectivity index (χ3v) is 2.26. The largest absolute Gasteiger partial charge is 0.663 e. The van der Waals surface area contributed by atoms with Gasteiger partial charge in [-0.25, -0.2) is 8.22 Å². The van der Waals surface area contributed by atoms with E-state index in [1.54, 1.807) is 0 Å². The van der Waals surface area contributed by atoms with Crippen molar-refractivity contribution in [2.75, 3.05) is 0 Å². The smallest absolute Gasteiger partial charge is 0.355 e. The highest BCUT2D eigenvalue weighted by Gasteiger charge is 2.41. The van der Waals surface area contributed by atoms with E-state index in [1.807, 2.05) is 0 Å². The van der Waals surface area contributed by atoms with E-state index in [-0.39, 0.29) is 0 Å². The van der Waals surface area contributed by atoms with Gasteiger partial charge in [-0.05, 0) is 6.92 Å². The first-order valence-electron chi connectivity index (χ1n) is 3.27. The summed E-state index contributed by atoms with van der Waals surface area (Å²) in [5.41, 5.74) is -1.46. The molecule has 1 unspecified atom stereocenters. The van der Waals surface area contributed by atoms with Crippen LogP contribution >= 0.6 is 0 Å². The Bertz CT molecular complexity index is 176. The minimum Gasteiger partial charge on any atom is -0.355 e. The van der Waals surface area contributed by atoms with E-state index in [4.69, 9.17) is 0 Å². The first-order valence-corrected chi connectivity index (χ1v) is 4.44. The van der Waals surface area contributed by atoms with Crippen LogP contribution in [0.3, 0.4) is 0 Å². The average molecular weight is 198 g/mol. The fourth-order valence-corrected chi connectivity index (χ4v) is 0.982. The minimum absolute atomic E-state index is 0.623. The van der Waals surface area contributed by atoms with Crippen LogP contribution in [0.2, 0.25) is 0 Å². The van der Waals surface area contributed by atoms with Gasteiger partial charge in [0.1, 0.15) is 6.10 Å². The van der Waals surface area contributed by atoms with Gasteiger partial charge in [-0.15, -0.1) is 0 Å². The lowest BCUT2D eigenvalue weighted by molar-refractivity contribution is -0.571. The number of nitrogens with zero attached hydrogens (tertiary/aromatic N) is 1. The Labute approximate surface area is 70.7 Å². The summed E-state index contributed by atoms with van der Waals surface area (Å²) in [5, 5.41) is 10.3. The van der Waals surface area contributed by atoms with Gasteiger partial charge in [-0.2, -0.15) is 0 Å². The zero-order valence-electron chi connectivity index (χ0n) is 7.01. The van der Waals surface area contributed by atoms with E-state index in [0.717, 1.165) is 0 Å². The second-order valence-electron chi connectivity index (χ2n) is 2.90. The van der Waals surface area contributed by atoms with Crippen LogP contribution in [0.25, 0.3) is 0 Å². The normalized spacial score (nSPS) is 14.8. The van der Waals surface area contributed by atoms with Crippen LogP contribution in [-0.2, 0) is 4.43 Å². The van der Waals surface area contributed by atoms with Gasteiger partial charge in [0.2, 0.25) is 5.54 Å². The monoisotopic (exact) mass is 198 g/mol. The van der Waals surface area contributed by atoms with Crippen molar-refractivity contribution in [2.45, 2.75) is 32.4 Å². The fourth-order valence-electron chi connectivity index (χ4n) is 0.426. The topological polar surface area (TPSA) is 52.4 Å². The van der Waals surface area contributed by atoms with E-state index < -0.39 is 26.3 Å². The highest BCUT2D eigenvalue weighted by Crippen LogP contribution is 2.17. The molecule has 0 aromatic heterocycles. The number of halogens is 2. The van der Waals surface area contributed by atoms with Crippen molar-refractivity contribution in [2.24, 2.45) is 0 Å². The standard InChI is InChI=1S/C5H10F2NO3Si/c1-4(11-12(6)7)5(2,3)8(9)10/h4H,1-3H3. The lowest BCUT2D eigenvalue weighted by atomic mass is 10.0. The molecule has 0 amide bonds. The highest BCUT2D eigenvalue weighted by atomic mass is 28.4. The molecule has 0 saturated carbocycles. The Morgan fingerprint density at radius 3 is 2.25 bits per heavy atom. The molecule has 0 bridgehead atoms. The van der Waals surface area contributed by atoms with Crippen molar-refractivity contribution in [3.63, 3.8) is 0 Å². The molecule has 0 aromatic carbocycles. The lowest BCUT2D eigenvalue weighted by Gasteiger charge is -2.22. The van der Waals surface area contributed by atoms with Crippen molar-refractivity contribution in [1.82, 2.24) is 0 Å². The van der Waals surface area contributed by atoms with Crippen LogP contribution in [0.5, 0.6) is 0 Å². The van der Waals surface area contributed by atoms with E-state index >= 15 is 0 Å². The summed E-state index contributed by atoms with van der Waals surface area (Å²) in [6, 6.07) is 0. The number of hydrogen-bond acceptors (Lipinski definition) is 3. The van der Waals surface area contributed by atoms with Crippen molar-refractivity contribution in [3.05, 3.63) is 10.1 Å². The fraction of sp³-hybridized carbons (Fsp3) is 1.00. The van der Waals surface area contributed by atoms with Crippen LogP contribution < -0.4 is 0 Å². The SMILES string of the molecule is CC(O[Si](F)F)C(C)(C)[N+](=O)[O-]. The summed E-state index contributed by atoms with van der Waals surface area (Å²) in [5.74, 6) is 0. The zero-order chi connectivity index (χ0) is 9.94. The second kappa shape index (κ2) is 3.90. The van der Waals surface area contributed by atoms with E-state index in [2.05, 4.69) is 4.43 Å². The molecular weight excluding hydrogens is 188 g/mol. The molecule has 0 heterocycles. The molecule has 71 valence electrons. The van der Waals surface area contributed by atoms with Gasteiger partial charge in [0, 0.05) is 18.8 Å². The molecule has 0 aromatic rings. The molecule has 4 nitrogen and oxygen atoms in total. The third-order valence-electron chi connectivity index (χ3n) is 1.73. The summed E-state index contributed by atoms with van der Waals surface area (Å²) in [7, 11) is -3.85. The van der Waals surface area contributed by atoms with Crippen molar-refractivity contribution in [1.29, 1.82) is 0 Å². The number of nitro groups is 1. The Hall–Kier alpha value is -0.563. The number of hydrogen-bond donors (Lipinski definition) is 0. The Kier molecular flexibility index (Phi) is 3.72. The minimum atomic E-state index is -3.85. The second-order valence-corrected chi connectivity index (χ2v) is 3.58. The summed E-state index contributed by atoms with van der Waals surface area (Å²) in [6.07, 6.45) is -1.07. The molecule has 0 aliphatic carbocycles. The van der Waals surface area contributed by atoms with Crippen LogP contribution in [0.15, 0.2) is 0 Å². The predicted molar refractivity (Wildman–Crippen MR) is 39.6 cm³/mol. The van der Waals surface area contributed by atoms with Crippen LogP contribution in [0, 0.1) is 10.1 Å². The summed E-state index contributed by atoms with van der Waals surface area (Å²) < 4.78 is 27.6. The summed E-state index contributed by atoms with van der Waals surface area (Å²) in [4.78, 5) is 9.71. The van der Waals surface area contributed by atoms with Gasteiger partial charge in [0.05, 0.1) is 0 Å². The van der Waals surface area contributed by atoms with Crippen LogP contribution in [0.1, 0.15) is 20.8 Å². The molecule has 0 fully saturated rings. The molecule has 0 aliphatic heterocycles. The van der Waals surface area contributed by atoms with Gasteiger partial charge >= 0.3 is 9.71 Å². The quantitative estimate of drug-likeness (QED) is 0.297. The average Bonchev–Trinajstić information content (AvgIpc) is 1.85. The van der Waals surface area contributed by atoms with Crippen molar-refractivity contribution in [3.8, 4) is 0 Å². The van der Waals surface area contributed by atoms with Crippen molar-refractivity contribution >= 4 is 9.71 Å². The maximum atomic E-state index is 11.7. The van der Waals surface area contributed by atoms with Gasteiger partial charge in [0.25, 0.3) is 0 Å². The molecule has 0 spiro atoms. The molecule has 0 saturated heterocycles. The summed E-state index contributed by atoms with van der Waals surface area (Å²) in [6.45, 7) is 3.78. The van der Waals surface area contributed by atoms with E-state index in [0.29, 0.717) is 0 Å². The Morgan fingerprint density at radius 1 is 1.58 bits per heavy atom. The molecule has 7 heteroatoms. The Balaban J connectivity index is 4.25. The predicted octanol–water partition coefficient (Wildman–Crippen LogP) is 1.37. The number of rotatable bonds is 4. The molecule has 0 rings (SSSR count). The van der Waals surface area contributed by atoms with E-state index in [9.17, 15) is 18.3 Å². The third kappa shape index (κ3) is 2.82. The van der Waals surface area contributed by atoms with Gasteiger partial charge in [-0.1, -0.05) is 0 Å². The van der Waals surface area contributed by atoms with E-state index in [1.165, 1.54) is 20.8 Å². The highest BCUT2D eigenvalue weighted by molar-refractivity contribution is 6.34. The van der Waals surface area contributed by atoms with Crippen LogP contribution in [0.4, 0.5) is 8.22 Å². The maximum absolute atomic E-state index is 11.7. The zero-order valence-corrected chi connectivity index (χ0v) is 8.01. The van der Waals surface area contributed by atoms with Gasteiger partial charge in [0.15, 0.2) is 0 Å². The van der Waals surface area contributed by atoms with Crippen molar-refractivity contribution < 1.29 is 17.6 Å². The molecule has 0 aliphatic rings. The molecular formula is C5H10F2NO3Si. The first kappa shape index (κ1) is 11.4. The molecule has 1 atom stereocenters. The van der Waals surface area contributed by atoms with Crippen LogP contribution in [-0.4, -0.2) is 26.3 Å². The first-order chi connectivity index (χ1) is 5.28.